The molecule has 0 spiro atoms. The van der Waals surface area contributed by atoms with E-state index in [1.807, 2.05) is 12.1 Å². The summed E-state index contributed by atoms with van der Waals surface area (Å²) in [5.41, 5.74) is 1.40. The van der Waals surface area contributed by atoms with Gasteiger partial charge in [-0.05, 0) is 12.1 Å². The lowest BCUT2D eigenvalue weighted by atomic mass is 10.0. The number of hydrogen-bond acceptors (Lipinski definition) is 6. The zero-order chi connectivity index (χ0) is 21.1. The largest absolute Gasteiger partial charge is 0.374 e. The molecule has 9 heteroatoms. The van der Waals surface area contributed by atoms with Crippen molar-refractivity contribution in [3.8, 4) is 11.3 Å². The molecule has 1 aromatic heterocycles. The molecule has 0 bridgehead atoms. The standard InChI is InChI=1S/C21H23N5O4/c1-24-21(27)17-5-3-2-4-16(17)20(23-24)15-6-7-18(19(14-15)26(28)29)22-8-9-25-10-12-30-13-11-25/h2-7,14,22H,8-13H2,1H3/p+1. The molecular formula is C21H24N5O4+. The number of anilines is 1. The van der Waals surface area contributed by atoms with Crippen LogP contribution in [0.4, 0.5) is 11.4 Å². The third kappa shape index (κ3) is 4.03. The Hall–Kier alpha value is -3.30. The van der Waals surface area contributed by atoms with Crippen molar-refractivity contribution in [3.05, 3.63) is 62.9 Å². The Bertz CT molecular complexity index is 1140. The van der Waals surface area contributed by atoms with E-state index in [4.69, 9.17) is 4.74 Å². The Morgan fingerprint density at radius 1 is 1.20 bits per heavy atom. The number of quaternary nitrogens is 1. The number of hydrogen-bond donors (Lipinski definition) is 2. The highest BCUT2D eigenvalue weighted by Gasteiger charge is 2.19. The summed E-state index contributed by atoms with van der Waals surface area (Å²) in [4.78, 5) is 25.1. The van der Waals surface area contributed by atoms with E-state index in [2.05, 4.69) is 10.4 Å². The first kappa shape index (κ1) is 20.0. The summed E-state index contributed by atoms with van der Waals surface area (Å²) in [7, 11) is 1.58. The predicted octanol–water partition coefficient (Wildman–Crippen LogP) is 0.836. The zero-order valence-corrected chi connectivity index (χ0v) is 16.8. The summed E-state index contributed by atoms with van der Waals surface area (Å²) < 4.78 is 6.62. The van der Waals surface area contributed by atoms with E-state index < -0.39 is 4.92 Å². The Kier molecular flexibility index (Phi) is 5.73. The molecule has 30 heavy (non-hydrogen) atoms. The maximum absolute atomic E-state index is 12.4. The Morgan fingerprint density at radius 2 is 1.93 bits per heavy atom. The molecule has 1 saturated heterocycles. The molecule has 9 nitrogen and oxygen atoms in total. The highest BCUT2D eigenvalue weighted by Crippen LogP contribution is 2.32. The van der Waals surface area contributed by atoms with Crippen LogP contribution in [0.3, 0.4) is 0 Å². The first-order valence-electron chi connectivity index (χ1n) is 9.94. The summed E-state index contributed by atoms with van der Waals surface area (Å²) in [6, 6.07) is 12.2. The lowest BCUT2D eigenvalue weighted by Gasteiger charge is -2.23. The van der Waals surface area contributed by atoms with Gasteiger partial charge in [0.25, 0.3) is 11.2 Å². The van der Waals surface area contributed by atoms with Gasteiger partial charge in [-0.15, -0.1) is 0 Å². The van der Waals surface area contributed by atoms with Gasteiger partial charge in [-0.2, -0.15) is 5.10 Å². The molecule has 0 unspecified atom stereocenters. The molecule has 3 aromatic rings. The van der Waals surface area contributed by atoms with Gasteiger partial charge in [0, 0.05) is 24.1 Å². The van der Waals surface area contributed by atoms with Gasteiger partial charge >= 0.3 is 0 Å². The minimum absolute atomic E-state index is 0.00999. The second-order valence-electron chi connectivity index (χ2n) is 7.35. The van der Waals surface area contributed by atoms with Crippen LogP contribution in [0.15, 0.2) is 47.3 Å². The van der Waals surface area contributed by atoms with Crippen LogP contribution in [0.2, 0.25) is 0 Å². The van der Waals surface area contributed by atoms with Crippen LogP contribution in [0.1, 0.15) is 0 Å². The van der Waals surface area contributed by atoms with Gasteiger partial charge in [-0.25, -0.2) is 4.68 Å². The first-order chi connectivity index (χ1) is 14.5. The maximum Gasteiger partial charge on any atom is 0.292 e. The molecule has 2 heterocycles. The average molecular weight is 410 g/mol. The van der Waals surface area contributed by atoms with Crippen molar-refractivity contribution < 1.29 is 14.6 Å². The van der Waals surface area contributed by atoms with Gasteiger partial charge in [0.2, 0.25) is 0 Å². The van der Waals surface area contributed by atoms with Crippen LogP contribution in [-0.2, 0) is 11.8 Å². The minimum atomic E-state index is -0.391. The SMILES string of the molecule is Cn1nc(-c2ccc(NCC[NH+]3CCOCC3)c([N+](=O)[O-])c2)c2ccccc2c1=O. The van der Waals surface area contributed by atoms with Crippen LogP contribution in [0, 0.1) is 10.1 Å². The van der Waals surface area contributed by atoms with Crippen molar-refractivity contribution in [2.24, 2.45) is 7.05 Å². The van der Waals surface area contributed by atoms with Crippen molar-refractivity contribution in [1.29, 1.82) is 0 Å². The molecule has 1 aliphatic heterocycles. The molecule has 0 atom stereocenters. The molecule has 156 valence electrons. The Balaban J connectivity index is 1.64. The number of aryl methyl sites for hydroxylation is 1. The van der Waals surface area contributed by atoms with Crippen LogP contribution in [0.5, 0.6) is 0 Å². The van der Waals surface area contributed by atoms with Crippen LogP contribution < -0.4 is 15.8 Å². The van der Waals surface area contributed by atoms with Crippen LogP contribution >= 0.6 is 0 Å². The summed E-state index contributed by atoms with van der Waals surface area (Å²) >= 11 is 0. The molecule has 1 aliphatic rings. The van der Waals surface area contributed by atoms with Gasteiger partial charge in [0.1, 0.15) is 18.8 Å². The molecule has 0 amide bonds. The number of benzene rings is 2. The van der Waals surface area contributed by atoms with Gasteiger partial charge in [0.05, 0.1) is 42.3 Å². The number of nitrogens with one attached hydrogen (secondary N) is 2. The van der Waals surface area contributed by atoms with E-state index in [1.54, 1.807) is 31.3 Å². The highest BCUT2D eigenvalue weighted by atomic mass is 16.6. The van der Waals surface area contributed by atoms with Crippen molar-refractivity contribution in [2.45, 2.75) is 0 Å². The minimum Gasteiger partial charge on any atom is -0.374 e. The third-order valence-corrected chi connectivity index (χ3v) is 5.42. The van der Waals surface area contributed by atoms with E-state index >= 15 is 0 Å². The molecule has 0 saturated carbocycles. The number of nitro benzene ring substituents is 1. The van der Waals surface area contributed by atoms with E-state index in [9.17, 15) is 14.9 Å². The Morgan fingerprint density at radius 3 is 2.67 bits per heavy atom. The second kappa shape index (κ2) is 8.60. The average Bonchev–Trinajstić information content (AvgIpc) is 2.77. The molecule has 1 fully saturated rings. The molecule has 4 rings (SSSR count). The zero-order valence-electron chi connectivity index (χ0n) is 16.8. The monoisotopic (exact) mass is 410 g/mol. The Labute approximate surface area is 173 Å². The van der Waals surface area contributed by atoms with Gasteiger partial charge in [-0.1, -0.05) is 24.3 Å². The molecular weight excluding hydrogens is 386 g/mol. The van der Waals surface area contributed by atoms with Gasteiger partial charge < -0.3 is 15.0 Å². The smallest absolute Gasteiger partial charge is 0.292 e. The lowest BCUT2D eigenvalue weighted by molar-refractivity contribution is -0.906. The number of nitro groups is 1. The molecule has 2 N–H and O–H groups in total. The van der Waals surface area contributed by atoms with Crippen molar-refractivity contribution in [1.82, 2.24) is 9.78 Å². The number of fused-ring (bicyclic) bond motifs is 1. The number of aromatic nitrogens is 2. The normalized spacial score (nSPS) is 14.7. The van der Waals surface area contributed by atoms with Gasteiger partial charge in [-0.3, -0.25) is 14.9 Å². The number of morpholine rings is 1. The van der Waals surface area contributed by atoms with Crippen molar-refractivity contribution >= 4 is 22.1 Å². The molecule has 0 radical (unpaired) electrons. The number of rotatable bonds is 6. The highest BCUT2D eigenvalue weighted by molar-refractivity contribution is 5.94. The fraction of sp³-hybridized carbons (Fsp3) is 0.333. The molecule has 0 aliphatic carbocycles. The van der Waals surface area contributed by atoms with Crippen LogP contribution in [0.25, 0.3) is 22.0 Å². The van der Waals surface area contributed by atoms with Crippen LogP contribution in [-0.4, -0.2) is 54.1 Å². The number of nitrogens with zero attached hydrogens (tertiary/aromatic N) is 3. The fourth-order valence-electron chi connectivity index (χ4n) is 3.78. The van der Waals surface area contributed by atoms with E-state index in [0.29, 0.717) is 34.3 Å². The van der Waals surface area contributed by atoms with Crippen molar-refractivity contribution in [2.75, 3.05) is 44.7 Å². The molecule has 2 aromatic carbocycles. The maximum atomic E-state index is 12.4. The van der Waals surface area contributed by atoms with E-state index in [-0.39, 0.29) is 11.2 Å². The third-order valence-electron chi connectivity index (χ3n) is 5.42. The topological polar surface area (TPSA) is 104 Å². The van der Waals surface area contributed by atoms with Crippen molar-refractivity contribution in [3.63, 3.8) is 0 Å². The quantitative estimate of drug-likeness (QED) is 0.461. The summed E-state index contributed by atoms with van der Waals surface area (Å²) in [5.74, 6) is 0. The van der Waals surface area contributed by atoms with E-state index in [0.717, 1.165) is 32.8 Å². The number of ether oxygens (including phenoxy) is 1. The van der Waals surface area contributed by atoms with E-state index in [1.165, 1.54) is 15.6 Å². The summed E-state index contributed by atoms with van der Waals surface area (Å²) in [5, 5.41) is 20.5. The summed E-state index contributed by atoms with van der Waals surface area (Å²) in [6.07, 6.45) is 0. The van der Waals surface area contributed by atoms with Gasteiger partial charge in [0.15, 0.2) is 0 Å². The predicted molar refractivity (Wildman–Crippen MR) is 114 cm³/mol. The second-order valence-corrected chi connectivity index (χ2v) is 7.35. The lowest BCUT2D eigenvalue weighted by Crippen LogP contribution is -3.14. The fourth-order valence-corrected chi connectivity index (χ4v) is 3.78. The first-order valence-corrected chi connectivity index (χ1v) is 9.94. The summed E-state index contributed by atoms with van der Waals surface area (Å²) in [6.45, 7) is 4.92.